The number of pyridine rings is 2. The minimum atomic E-state index is -4.53. The lowest BCUT2D eigenvalue weighted by Gasteiger charge is -2.43. The Kier molecular flexibility index (Phi) is 7.21. The van der Waals surface area contributed by atoms with Crippen molar-refractivity contribution in [2.24, 2.45) is 0 Å². The molecule has 4 rings (SSSR count). The summed E-state index contributed by atoms with van der Waals surface area (Å²) >= 11 is 0. The molecule has 0 unspecified atom stereocenters. The molecule has 190 valence electrons. The molecule has 1 amide bonds. The number of aryl methyl sites for hydroxylation is 2. The third-order valence-corrected chi connectivity index (χ3v) is 6.07. The van der Waals surface area contributed by atoms with Crippen LogP contribution in [0.3, 0.4) is 0 Å². The van der Waals surface area contributed by atoms with Gasteiger partial charge in [-0.3, -0.25) is 9.78 Å². The lowest BCUT2D eigenvalue weighted by atomic mass is 10.0. The van der Waals surface area contributed by atoms with Gasteiger partial charge < -0.3 is 15.0 Å². The molecule has 0 bridgehead atoms. The number of nitrogens with zero attached hydrogens (tertiary/aromatic N) is 5. The van der Waals surface area contributed by atoms with E-state index < -0.39 is 17.8 Å². The summed E-state index contributed by atoms with van der Waals surface area (Å²) in [6.07, 6.45) is -1.00. The molecule has 0 spiro atoms. The van der Waals surface area contributed by atoms with Crippen molar-refractivity contribution in [3.05, 3.63) is 65.5 Å². The van der Waals surface area contributed by atoms with Gasteiger partial charge >= 0.3 is 6.18 Å². The molecule has 11 heteroatoms. The Labute approximate surface area is 207 Å². The van der Waals surface area contributed by atoms with Crippen LogP contribution in [0.4, 0.5) is 19.1 Å². The Morgan fingerprint density at radius 1 is 1.17 bits per heavy atom. The summed E-state index contributed by atoms with van der Waals surface area (Å²) in [6.45, 7) is 7.34. The fourth-order valence-electron chi connectivity index (χ4n) is 4.31. The first kappa shape index (κ1) is 25.5. The van der Waals surface area contributed by atoms with Crippen LogP contribution in [-0.4, -0.2) is 62.1 Å². The molecule has 4 heterocycles. The number of halogens is 3. The average molecular weight is 501 g/mol. The molecule has 3 aromatic heterocycles. The van der Waals surface area contributed by atoms with E-state index in [1.807, 2.05) is 39.0 Å². The largest absolute Gasteiger partial charge is 0.419 e. The number of hydrogen-bond acceptors (Lipinski definition) is 7. The van der Waals surface area contributed by atoms with E-state index in [9.17, 15) is 18.0 Å². The first-order chi connectivity index (χ1) is 17.0. The van der Waals surface area contributed by atoms with Crippen LogP contribution in [0.25, 0.3) is 11.1 Å². The van der Waals surface area contributed by atoms with Crippen molar-refractivity contribution in [1.82, 2.24) is 24.8 Å². The number of hydrogen-bond donors (Lipinski definition) is 1. The van der Waals surface area contributed by atoms with E-state index in [-0.39, 0.29) is 36.3 Å². The van der Waals surface area contributed by atoms with E-state index in [1.54, 1.807) is 23.4 Å². The van der Waals surface area contributed by atoms with Crippen molar-refractivity contribution in [3.63, 3.8) is 0 Å². The molecule has 8 nitrogen and oxygen atoms in total. The third kappa shape index (κ3) is 5.46. The maximum absolute atomic E-state index is 13.9. The van der Waals surface area contributed by atoms with E-state index in [4.69, 9.17) is 4.74 Å². The number of morpholine rings is 1. The quantitative estimate of drug-likeness (QED) is 0.558. The SMILES string of the molecule is Cc1ccc(-c2cccnc2)c(C(=O)N2C[C@@H](C)O[C@@H](C)[C@H]2CNc2ncc(C(F)(F)F)c(C)n2)n1. The predicted octanol–water partition coefficient (Wildman–Crippen LogP) is 4.30. The highest BCUT2D eigenvalue weighted by atomic mass is 19.4. The molecule has 1 aliphatic heterocycles. The zero-order valence-electron chi connectivity index (χ0n) is 20.4. The van der Waals surface area contributed by atoms with Crippen molar-refractivity contribution in [2.75, 3.05) is 18.4 Å². The van der Waals surface area contributed by atoms with Crippen LogP contribution in [-0.2, 0) is 10.9 Å². The summed E-state index contributed by atoms with van der Waals surface area (Å²) in [5, 5.41) is 2.98. The zero-order valence-corrected chi connectivity index (χ0v) is 20.4. The number of anilines is 1. The summed E-state index contributed by atoms with van der Waals surface area (Å²) in [5.74, 6) is -0.223. The van der Waals surface area contributed by atoms with Crippen molar-refractivity contribution in [2.45, 2.75) is 52.1 Å². The summed E-state index contributed by atoms with van der Waals surface area (Å²) in [4.78, 5) is 32.1. The minimum absolute atomic E-state index is 0.0449. The van der Waals surface area contributed by atoms with E-state index in [2.05, 4.69) is 25.3 Å². The smallest absolute Gasteiger partial charge is 0.372 e. The third-order valence-electron chi connectivity index (χ3n) is 6.07. The lowest BCUT2D eigenvalue weighted by Crippen LogP contribution is -2.58. The van der Waals surface area contributed by atoms with Gasteiger partial charge in [0.1, 0.15) is 5.69 Å². The number of nitrogens with one attached hydrogen (secondary N) is 1. The van der Waals surface area contributed by atoms with E-state index in [1.165, 1.54) is 6.92 Å². The number of carbonyl (C=O) groups is 1. The second kappa shape index (κ2) is 10.2. The summed E-state index contributed by atoms with van der Waals surface area (Å²) in [6, 6.07) is 6.91. The standard InChI is InChI=1S/C25H27F3N6O2/c1-14-7-8-19(18-6-5-9-29-10-18)22(32-14)23(35)34-13-15(2)36-17(4)21(34)12-31-24-30-11-20(16(3)33-24)25(26,27)28/h5-11,15,17,21H,12-13H2,1-4H3,(H,30,31,33)/t15-,17+,21-/m1/s1. The highest BCUT2D eigenvalue weighted by Gasteiger charge is 2.38. The molecule has 0 radical (unpaired) electrons. The summed E-state index contributed by atoms with van der Waals surface area (Å²) < 4.78 is 45.2. The normalized spacial score (nSPS) is 20.3. The molecular weight excluding hydrogens is 473 g/mol. The molecule has 0 aliphatic carbocycles. The Hall–Kier alpha value is -3.60. The summed E-state index contributed by atoms with van der Waals surface area (Å²) in [7, 11) is 0. The molecular formula is C25H27F3N6O2. The number of rotatable bonds is 5. The molecule has 1 N–H and O–H groups in total. The highest BCUT2D eigenvalue weighted by molar-refractivity contribution is 5.99. The Bertz CT molecular complexity index is 1240. The lowest BCUT2D eigenvalue weighted by molar-refractivity contribution is -0.138. The maximum atomic E-state index is 13.9. The first-order valence-electron chi connectivity index (χ1n) is 11.5. The molecule has 3 atom stereocenters. The number of amides is 1. The van der Waals surface area contributed by atoms with Gasteiger partial charge in [0.05, 0.1) is 29.5 Å². The number of carbonyl (C=O) groups excluding carboxylic acids is 1. The maximum Gasteiger partial charge on any atom is 0.419 e. The molecule has 1 fully saturated rings. The first-order valence-corrected chi connectivity index (χ1v) is 11.5. The molecule has 1 saturated heterocycles. The Balaban J connectivity index is 1.61. The van der Waals surface area contributed by atoms with Crippen LogP contribution >= 0.6 is 0 Å². The van der Waals surface area contributed by atoms with Gasteiger partial charge in [-0.2, -0.15) is 13.2 Å². The van der Waals surface area contributed by atoms with Gasteiger partial charge in [0.15, 0.2) is 0 Å². The zero-order chi connectivity index (χ0) is 26.0. The van der Waals surface area contributed by atoms with Gasteiger partial charge in [-0.1, -0.05) is 12.1 Å². The van der Waals surface area contributed by atoms with E-state index in [0.29, 0.717) is 23.5 Å². The number of aromatic nitrogens is 4. The molecule has 1 aliphatic rings. The average Bonchev–Trinajstić information content (AvgIpc) is 2.82. The summed E-state index contributed by atoms with van der Waals surface area (Å²) in [5.41, 5.74) is 1.37. The second-order valence-electron chi connectivity index (χ2n) is 8.84. The fraction of sp³-hybridized carbons (Fsp3) is 0.400. The van der Waals surface area contributed by atoms with Gasteiger partial charge in [0.2, 0.25) is 5.95 Å². The molecule has 0 aromatic carbocycles. The van der Waals surface area contributed by atoms with Crippen LogP contribution in [0.5, 0.6) is 0 Å². The van der Waals surface area contributed by atoms with Crippen LogP contribution in [0.2, 0.25) is 0 Å². The van der Waals surface area contributed by atoms with Crippen molar-refractivity contribution >= 4 is 11.9 Å². The fourth-order valence-corrected chi connectivity index (χ4v) is 4.31. The van der Waals surface area contributed by atoms with Crippen LogP contribution in [0, 0.1) is 13.8 Å². The van der Waals surface area contributed by atoms with Gasteiger partial charge in [0, 0.05) is 48.5 Å². The molecule has 36 heavy (non-hydrogen) atoms. The predicted molar refractivity (Wildman–Crippen MR) is 127 cm³/mol. The number of alkyl halides is 3. The van der Waals surface area contributed by atoms with Gasteiger partial charge in [-0.25, -0.2) is 15.0 Å². The Morgan fingerprint density at radius 3 is 2.61 bits per heavy atom. The minimum Gasteiger partial charge on any atom is -0.372 e. The van der Waals surface area contributed by atoms with Gasteiger partial charge in [-0.15, -0.1) is 0 Å². The monoisotopic (exact) mass is 500 g/mol. The van der Waals surface area contributed by atoms with E-state index >= 15 is 0 Å². The van der Waals surface area contributed by atoms with Gasteiger partial charge in [0.25, 0.3) is 5.91 Å². The Morgan fingerprint density at radius 2 is 1.94 bits per heavy atom. The second-order valence-corrected chi connectivity index (χ2v) is 8.84. The molecule has 0 saturated carbocycles. The topological polar surface area (TPSA) is 93.1 Å². The van der Waals surface area contributed by atoms with Crippen molar-refractivity contribution in [1.29, 1.82) is 0 Å². The van der Waals surface area contributed by atoms with Crippen molar-refractivity contribution < 1.29 is 22.7 Å². The van der Waals surface area contributed by atoms with Crippen LogP contribution in [0.15, 0.2) is 42.9 Å². The van der Waals surface area contributed by atoms with Crippen molar-refractivity contribution in [3.8, 4) is 11.1 Å². The number of ether oxygens (including phenoxy) is 1. The van der Waals surface area contributed by atoms with E-state index in [0.717, 1.165) is 11.8 Å². The van der Waals surface area contributed by atoms with Crippen LogP contribution < -0.4 is 5.32 Å². The highest BCUT2D eigenvalue weighted by Crippen LogP contribution is 2.31. The van der Waals surface area contributed by atoms with Crippen LogP contribution in [0.1, 0.15) is 41.3 Å². The van der Waals surface area contributed by atoms with Gasteiger partial charge in [-0.05, 0) is 39.8 Å². The molecule has 3 aromatic rings.